The van der Waals surface area contributed by atoms with Gasteiger partial charge in [0.05, 0.1) is 0 Å². The molecule has 0 radical (unpaired) electrons. The number of carbonyl (C=O) groups excluding carboxylic acids is 6. The molecule has 10 nitrogen and oxygen atoms in total. The van der Waals surface area contributed by atoms with E-state index in [4.69, 9.17) is 4.74 Å². The maximum Gasteiger partial charge on any atom is 0.418 e. The highest BCUT2D eigenvalue weighted by molar-refractivity contribution is 6.06. The van der Waals surface area contributed by atoms with Crippen molar-refractivity contribution in [2.45, 2.75) is 102 Å². The van der Waals surface area contributed by atoms with Gasteiger partial charge >= 0.3 is 12.3 Å². The average Bonchev–Trinajstić information content (AvgIpc) is 3.63. The Hall–Kier alpha value is -5.40. The molecular formula is C41H43F4N3O7. The summed E-state index contributed by atoms with van der Waals surface area (Å²) in [4.78, 5) is 78.1. The van der Waals surface area contributed by atoms with Gasteiger partial charge in [-0.1, -0.05) is 67.8 Å². The number of amides is 4. The Balaban J connectivity index is 1.08. The lowest BCUT2D eigenvalue weighted by Crippen LogP contribution is -2.51. The first-order chi connectivity index (χ1) is 26.2. The maximum atomic E-state index is 13.8. The van der Waals surface area contributed by atoms with Crippen LogP contribution < -0.4 is 5.32 Å². The van der Waals surface area contributed by atoms with Crippen LogP contribution in [0.4, 0.5) is 28.0 Å². The molecule has 55 heavy (non-hydrogen) atoms. The van der Waals surface area contributed by atoms with Gasteiger partial charge in [0.2, 0.25) is 17.4 Å². The van der Waals surface area contributed by atoms with Crippen LogP contribution in [0.1, 0.15) is 98.2 Å². The Morgan fingerprint density at radius 3 is 2.24 bits per heavy atom. The number of ether oxygens (including phenoxy) is 1. The number of halogens is 4. The van der Waals surface area contributed by atoms with Crippen molar-refractivity contribution in [2.24, 2.45) is 0 Å². The van der Waals surface area contributed by atoms with E-state index in [9.17, 15) is 46.3 Å². The van der Waals surface area contributed by atoms with Crippen LogP contribution in [0.3, 0.4) is 0 Å². The first-order valence-electron chi connectivity index (χ1n) is 18.4. The molecule has 2 aliphatic rings. The van der Waals surface area contributed by atoms with E-state index in [2.05, 4.69) is 5.32 Å². The third-order valence-corrected chi connectivity index (χ3v) is 10.1. The van der Waals surface area contributed by atoms with E-state index in [1.165, 1.54) is 24.3 Å². The number of aryl methyl sites for hydroxylation is 1. The van der Waals surface area contributed by atoms with Crippen LogP contribution in [0.5, 0.6) is 0 Å². The third-order valence-electron chi connectivity index (χ3n) is 10.1. The number of Topliss-reactive ketones (excluding diaryl/α,β-unsaturated/α-hetero) is 2. The Labute approximate surface area is 316 Å². The SMILES string of the molecule is C[C@H](N(Cc1ccc(F)cc1)C(=O)CN1C(=O)OC2(CCc3cc(NC(=O)CCC(=O)CCCCCCCC(=O)c4ccccc4)ccc32)C1=O)C(F)(F)F. The summed E-state index contributed by atoms with van der Waals surface area (Å²) in [7, 11) is 0. The second-order valence-electron chi connectivity index (χ2n) is 14.0. The molecule has 3 aromatic rings. The van der Waals surface area contributed by atoms with Crippen molar-refractivity contribution in [1.29, 1.82) is 0 Å². The van der Waals surface area contributed by atoms with E-state index in [1.807, 2.05) is 30.3 Å². The van der Waals surface area contributed by atoms with Crippen LogP contribution in [0.15, 0.2) is 72.8 Å². The van der Waals surface area contributed by atoms with Crippen LogP contribution >= 0.6 is 0 Å². The number of nitrogens with zero attached hydrogens (tertiary/aromatic N) is 2. The normalized spacial score (nSPS) is 16.9. The minimum absolute atomic E-state index is 0.0214. The van der Waals surface area contributed by atoms with Crippen LogP contribution in [0.2, 0.25) is 0 Å². The fourth-order valence-electron chi connectivity index (χ4n) is 6.87. The molecule has 1 heterocycles. The number of imide groups is 1. The highest BCUT2D eigenvalue weighted by Gasteiger charge is 2.58. The van der Waals surface area contributed by atoms with Crippen LogP contribution in [-0.4, -0.2) is 63.9 Å². The molecule has 0 aromatic heterocycles. The predicted octanol–water partition coefficient (Wildman–Crippen LogP) is 7.83. The second kappa shape index (κ2) is 17.8. The van der Waals surface area contributed by atoms with Crippen molar-refractivity contribution in [2.75, 3.05) is 11.9 Å². The van der Waals surface area contributed by atoms with Gasteiger partial charge in [-0.2, -0.15) is 13.2 Å². The number of carbonyl (C=O) groups is 6. The molecule has 1 aliphatic heterocycles. The van der Waals surface area contributed by atoms with Gasteiger partial charge in [-0.3, -0.25) is 24.0 Å². The van der Waals surface area contributed by atoms with Crippen molar-refractivity contribution >= 4 is 41.1 Å². The largest absolute Gasteiger partial charge is 0.427 e. The lowest BCUT2D eigenvalue weighted by Gasteiger charge is -2.31. The first-order valence-corrected chi connectivity index (χ1v) is 18.4. The van der Waals surface area contributed by atoms with Gasteiger partial charge in [0.15, 0.2) is 5.78 Å². The minimum atomic E-state index is -4.83. The van der Waals surface area contributed by atoms with Crippen LogP contribution in [-0.2, 0) is 42.5 Å². The van der Waals surface area contributed by atoms with Crippen LogP contribution in [0.25, 0.3) is 0 Å². The van der Waals surface area contributed by atoms with E-state index in [1.54, 1.807) is 6.07 Å². The maximum absolute atomic E-state index is 13.8. The van der Waals surface area contributed by atoms with Gasteiger partial charge in [0.25, 0.3) is 5.91 Å². The Morgan fingerprint density at radius 2 is 1.55 bits per heavy atom. The van der Waals surface area contributed by atoms with Crippen molar-refractivity contribution in [3.8, 4) is 0 Å². The number of fused-ring (bicyclic) bond motifs is 2. The first kappa shape index (κ1) is 40.8. The zero-order valence-electron chi connectivity index (χ0n) is 30.5. The molecule has 292 valence electrons. The minimum Gasteiger partial charge on any atom is -0.427 e. The predicted molar refractivity (Wildman–Crippen MR) is 193 cm³/mol. The van der Waals surface area contributed by atoms with Gasteiger partial charge in [-0.15, -0.1) is 0 Å². The number of ketones is 2. The Bertz CT molecular complexity index is 1900. The standard InChI is InChI=1S/C41H43F4N3O7/c1-27(41(43,44)45)47(25-28-14-16-31(42)17-15-28)37(52)26-48-38(53)40(55-39(48)54)23-22-30-24-32(18-20-34(30)40)46-36(51)21-19-33(49)12-8-3-2-4-9-13-35(50)29-10-6-5-7-11-29/h5-7,10-11,14-18,20,24,27H,2-4,8-9,12-13,19,21-23,25-26H2,1H3,(H,46,51)/t27-,40?/m0/s1. The molecule has 1 saturated heterocycles. The zero-order valence-corrected chi connectivity index (χ0v) is 30.5. The fourth-order valence-corrected chi connectivity index (χ4v) is 6.87. The smallest absolute Gasteiger partial charge is 0.418 e. The number of benzene rings is 3. The molecular weight excluding hydrogens is 722 g/mol. The molecule has 1 fully saturated rings. The fraction of sp³-hybridized carbons (Fsp3) is 0.415. The summed E-state index contributed by atoms with van der Waals surface area (Å²) in [6.07, 6.45) is -0.644. The molecule has 0 saturated carbocycles. The van der Waals surface area contributed by atoms with Gasteiger partial charge in [-0.05, 0) is 61.6 Å². The monoisotopic (exact) mass is 765 g/mol. The highest BCUT2D eigenvalue weighted by Crippen LogP contribution is 2.46. The molecule has 1 N–H and O–H groups in total. The third kappa shape index (κ3) is 10.2. The van der Waals surface area contributed by atoms with Gasteiger partial charge in [0.1, 0.15) is 24.2 Å². The summed E-state index contributed by atoms with van der Waals surface area (Å²) >= 11 is 0. The number of anilines is 1. The highest BCUT2D eigenvalue weighted by atomic mass is 19.4. The van der Waals surface area contributed by atoms with E-state index < -0.39 is 54.6 Å². The molecule has 1 unspecified atom stereocenters. The quantitative estimate of drug-likeness (QED) is 0.0794. The van der Waals surface area contributed by atoms with Crippen LogP contribution in [0, 0.1) is 5.82 Å². The average molecular weight is 766 g/mol. The van der Waals surface area contributed by atoms with Gasteiger partial charge in [-0.25, -0.2) is 14.1 Å². The number of hydrogen-bond donors (Lipinski definition) is 1. The number of alkyl halides is 3. The van der Waals surface area contributed by atoms with E-state index in [0.717, 1.165) is 44.7 Å². The molecule has 2 atom stereocenters. The topological polar surface area (TPSA) is 130 Å². The summed E-state index contributed by atoms with van der Waals surface area (Å²) in [5.74, 6) is -2.94. The van der Waals surface area contributed by atoms with E-state index in [0.29, 0.717) is 51.4 Å². The number of rotatable bonds is 18. The molecule has 1 aliphatic carbocycles. The Kier molecular flexibility index (Phi) is 13.2. The zero-order chi connectivity index (χ0) is 39.8. The summed E-state index contributed by atoms with van der Waals surface area (Å²) in [5.41, 5.74) is 0.481. The summed E-state index contributed by atoms with van der Waals surface area (Å²) in [6, 6.07) is 16.1. The number of hydrogen-bond acceptors (Lipinski definition) is 7. The van der Waals surface area contributed by atoms with Crippen molar-refractivity contribution < 1.29 is 51.1 Å². The summed E-state index contributed by atoms with van der Waals surface area (Å²) in [5, 5.41) is 2.75. The second-order valence-corrected chi connectivity index (χ2v) is 14.0. The van der Waals surface area contributed by atoms with Gasteiger partial charge in [0, 0.05) is 55.5 Å². The molecule has 4 amide bonds. The summed E-state index contributed by atoms with van der Waals surface area (Å²) in [6.45, 7) is -0.770. The lowest BCUT2D eigenvalue weighted by molar-refractivity contribution is -0.187. The van der Waals surface area contributed by atoms with E-state index in [-0.39, 0.29) is 48.7 Å². The lowest BCUT2D eigenvalue weighted by atomic mass is 9.94. The molecule has 5 rings (SSSR count). The summed E-state index contributed by atoms with van der Waals surface area (Å²) < 4.78 is 60.2. The van der Waals surface area contributed by atoms with Gasteiger partial charge < -0.3 is 15.0 Å². The molecule has 3 aromatic carbocycles. The molecule has 14 heteroatoms. The van der Waals surface area contributed by atoms with Crippen molar-refractivity contribution in [3.63, 3.8) is 0 Å². The van der Waals surface area contributed by atoms with Crippen molar-refractivity contribution in [1.82, 2.24) is 9.80 Å². The molecule has 0 bridgehead atoms. The van der Waals surface area contributed by atoms with E-state index >= 15 is 0 Å². The van der Waals surface area contributed by atoms with Crippen molar-refractivity contribution in [3.05, 3.63) is 101 Å². The number of nitrogens with one attached hydrogen (secondary N) is 1. The molecule has 1 spiro atoms. The number of unbranched alkanes of at least 4 members (excludes halogenated alkanes) is 4. The Morgan fingerprint density at radius 1 is 0.873 bits per heavy atom.